The Hall–Kier alpha value is -0.360. The standard InChI is InChI=1S/C3H4FO3P/c1-2-3-7-8(4,5)6/h1H,3H2,(H,5,6). The highest BCUT2D eigenvalue weighted by molar-refractivity contribution is 7.46. The zero-order valence-electron chi connectivity index (χ0n) is 3.87. The monoisotopic (exact) mass is 138 g/mol. The Kier molecular flexibility index (Phi) is 2.70. The van der Waals surface area contributed by atoms with Crippen LogP contribution in [-0.4, -0.2) is 11.5 Å². The van der Waals surface area contributed by atoms with Crippen LogP contribution in [0.1, 0.15) is 0 Å². The van der Waals surface area contributed by atoms with E-state index in [1.54, 1.807) is 0 Å². The average Bonchev–Trinajstić information content (AvgIpc) is 1.59. The van der Waals surface area contributed by atoms with Crippen molar-refractivity contribution in [2.75, 3.05) is 6.61 Å². The molecular formula is C3H4FO3P. The summed E-state index contributed by atoms with van der Waals surface area (Å²) in [5.41, 5.74) is 0. The zero-order valence-corrected chi connectivity index (χ0v) is 4.77. The molecule has 0 rings (SSSR count). The molecule has 0 bridgehead atoms. The van der Waals surface area contributed by atoms with Crippen molar-refractivity contribution in [3.8, 4) is 12.3 Å². The van der Waals surface area contributed by atoms with Crippen molar-refractivity contribution in [2.45, 2.75) is 0 Å². The van der Waals surface area contributed by atoms with Crippen molar-refractivity contribution in [3.63, 3.8) is 0 Å². The average molecular weight is 138 g/mol. The van der Waals surface area contributed by atoms with Gasteiger partial charge in [-0.1, -0.05) is 5.92 Å². The second-order valence-corrected chi connectivity index (χ2v) is 2.09. The predicted molar refractivity (Wildman–Crippen MR) is 25.7 cm³/mol. The molecule has 46 valence electrons. The minimum atomic E-state index is -4.82. The number of hydrogen-bond acceptors (Lipinski definition) is 2. The minimum Gasteiger partial charge on any atom is -0.299 e. The highest BCUT2D eigenvalue weighted by atomic mass is 31.2. The molecule has 1 atom stereocenters. The van der Waals surface area contributed by atoms with Crippen LogP contribution in [0.3, 0.4) is 0 Å². The van der Waals surface area contributed by atoms with Crippen LogP contribution in [0.5, 0.6) is 0 Å². The van der Waals surface area contributed by atoms with E-state index in [0.717, 1.165) is 0 Å². The molecule has 0 radical (unpaired) electrons. The Labute approximate surface area is 46.1 Å². The minimum absolute atomic E-state index is 0.482. The van der Waals surface area contributed by atoms with Crippen LogP contribution in [0.2, 0.25) is 0 Å². The number of rotatable bonds is 2. The lowest BCUT2D eigenvalue weighted by atomic mass is 10.8. The second-order valence-electron chi connectivity index (χ2n) is 0.929. The summed E-state index contributed by atoms with van der Waals surface area (Å²) in [7, 11) is -4.82. The molecule has 0 fully saturated rings. The molecule has 0 amide bonds. The summed E-state index contributed by atoms with van der Waals surface area (Å²) in [6.45, 7) is -0.482. The molecule has 0 aromatic carbocycles. The van der Waals surface area contributed by atoms with Crippen LogP contribution in [-0.2, 0) is 9.09 Å². The summed E-state index contributed by atoms with van der Waals surface area (Å²) in [5, 5.41) is 0. The van der Waals surface area contributed by atoms with Gasteiger partial charge in [0.15, 0.2) is 0 Å². The third-order valence-electron chi connectivity index (χ3n) is 0.307. The Morgan fingerprint density at radius 2 is 2.50 bits per heavy atom. The van der Waals surface area contributed by atoms with Crippen molar-refractivity contribution in [1.29, 1.82) is 0 Å². The summed E-state index contributed by atoms with van der Waals surface area (Å²) in [4.78, 5) is 7.72. The lowest BCUT2D eigenvalue weighted by Crippen LogP contribution is -1.82. The maximum atomic E-state index is 11.4. The van der Waals surface area contributed by atoms with Gasteiger partial charge < -0.3 is 0 Å². The quantitative estimate of drug-likeness (QED) is 0.451. The van der Waals surface area contributed by atoms with Crippen LogP contribution >= 0.6 is 7.91 Å². The van der Waals surface area contributed by atoms with Gasteiger partial charge in [0.1, 0.15) is 6.61 Å². The predicted octanol–water partition coefficient (Wildman–Crippen LogP) is 0.706. The molecule has 0 spiro atoms. The summed E-state index contributed by atoms with van der Waals surface area (Å²) >= 11 is 0. The lowest BCUT2D eigenvalue weighted by Gasteiger charge is -1.94. The zero-order chi connectivity index (χ0) is 6.62. The fourth-order valence-corrected chi connectivity index (χ4v) is 0.351. The maximum absolute atomic E-state index is 11.4. The molecule has 5 heteroatoms. The van der Waals surface area contributed by atoms with Crippen molar-refractivity contribution < 1.29 is 18.2 Å². The normalized spacial score (nSPS) is 16.6. The molecule has 0 saturated heterocycles. The van der Waals surface area contributed by atoms with E-state index < -0.39 is 14.5 Å². The van der Waals surface area contributed by atoms with Gasteiger partial charge in [0.25, 0.3) is 0 Å². The van der Waals surface area contributed by atoms with E-state index in [-0.39, 0.29) is 0 Å². The molecule has 3 nitrogen and oxygen atoms in total. The fraction of sp³-hybridized carbons (Fsp3) is 0.333. The Morgan fingerprint density at radius 3 is 2.62 bits per heavy atom. The Bertz CT molecular complexity index is 143. The van der Waals surface area contributed by atoms with Crippen LogP contribution in [0, 0.1) is 12.3 Å². The fourth-order valence-electron chi connectivity index (χ4n) is 0.117. The molecule has 8 heavy (non-hydrogen) atoms. The summed E-state index contributed by atoms with van der Waals surface area (Å²) in [6, 6.07) is 0. The van der Waals surface area contributed by atoms with Gasteiger partial charge in [-0.3, -0.25) is 9.42 Å². The highest BCUT2D eigenvalue weighted by Gasteiger charge is 2.14. The smallest absolute Gasteiger partial charge is 0.299 e. The SMILES string of the molecule is C#CCOP(=O)(O)F. The Balaban J connectivity index is 3.45. The molecule has 1 unspecified atom stereocenters. The van der Waals surface area contributed by atoms with Gasteiger partial charge in [0.05, 0.1) is 0 Å². The first-order valence-electron chi connectivity index (χ1n) is 1.67. The van der Waals surface area contributed by atoms with Crippen LogP contribution in [0.4, 0.5) is 4.20 Å². The summed E-state index contributed by atoms with van der Waals surface area (Å²) in [5.74, 6) is 1.83. The van der Waals surface area contributed by atoms with E-state index in [0.29, 0.717) is 0 Å². The van der Waals surface area contributed by atoms with E-state index in [1.165, 1.54) is 0 Å². The lowest BCUT2D eigenvalue weighted by molar-refractivity contribution is 0.253. The van der Waals surface area contributed by atoms with Gasteiger partial charge in [0.2, 0.25) is 0 Å². The van der Waals surface area contributed by atoms with E-state index >= 15 is 0 Å². The third kappa shape index (κ3) is 5.64. The van der Waals surface area contributed by atoms with Crippen molar-refractivity contribution in [3.05, 3.63) is 0 Å². The number of halogens is 1. The van der Waals surface area contributed by atoms with Gasteiger partial charge in [-0.25, -0.2) is 4.57 Å². The van der Waals surface area contributed by atoms with Gasteiger partial charge in [0, 0.05) is 0 Å². The maximum Gasteiger partial charge on any atom is 0.511 e. The van der Waals surface area contributed by atoms with Crippen LogP contribution in [0.25, 0.3) is 0 Å². The van der Waals surface area contributed by atoms with Gasteiger partial charge in [-0.05, 0) is 0 Å². The van der Waals surface area contributed by atoms with Crippen molar-refractivity contribution >= 4 is 7.91 Å². The molecule has 0 aliphatic heterocycles. The first-order valence-corrected chi connectivity index (χ1v) is 3.13. The summed E-state index contributed by atoms with van der Waals surface area (Å²) < 4.78 is 24.5. The molecule has 1 N–H and O–H groups in total. The largest absolute Gasteiger partial charge is 0.511 e. The van der Waals surface area contributed by atoms with Gasteiger partial charge in [-0.15, -0.1) is 10.6 Å². The molecule has 0 aromatic rings. The molecular weight excluding hydrogens is 134 g/mol. The molecule has 0 aliphatic carbocycles. The topological polar surface area (TPSA) is 46.5 Å². The highest BCUT2D eigenvalue weighted by Crippen LogP contribution is 2.42. The number of terminal acetylenes is 1. The second kappa shape index (κ2) is 2.83. The molecule has 0 saturated carbocycles. The van der Waals surface area contributed by atoms with Gasteiger partial charge >= 0.3 is 7.91 Å². The van der Waals surface area contributed by atoms with Crippen LogP contribution in [0.15, 0.2) is 0 Å². The first-order chi connectivity index (χ1) is 3.56. The number of hydrogen-bond donors (Lipinski definition) is 1. The van der Waals surface area contributed by atoms with E-state index in [1.807, 2.05) is 5.92 Å². The molecule has 0 aliphatic rings. The first kappa shape index (κ1) is 7.64. The molecule has 0 heterocycles. The Morgan fingerprint density at radius 1 is 2.00 bits per heavy atom. The van der Waals surface area contributed by atoms with Crippen LogP contribution < -0.4 is 0 Å². The summed E-state index contributed by atoms with van der Waals surface area (Å²) in [6.07, 6.45) is 4.56. The third-order valence-corrected chi connectivity index (χ3v) is 0.755. The van der Waals surface area contributed by atoms with Crippen molar-refractivity contribution in [1.82, 2.24) is 0 Å². The van der Waals surface area contributed by atoms with E-state index in [4.69, 9.17) is 4.89 Å². The van der Waals surface area contributed by atoms with Crippen molar-refractivity contribution in [2.24, 2.45) is 0 Å². The van der Waals surface area contributed by atoms with Gasteiger partial charge in [-0.2, -0.15) is 0 Å². The van der Waals surface area contributed by atoms with E-state index in [2.05, 4.69) is 10.9 Å². The van der Waals surface area contributed by atoms with E-state index in [9.17, 15) is 8.76 Å². The molecule has 0 aromatic heterocycles.